The first kappa shape index (κ1) is 26.1. The van der Waals surface area contributed by atoms with Gasteiger partial charge in [0.1, 0.15) is 12.0 Å². The number of ether oxygens (including phenoxy) is 1. The summed E-state index contributed by atoms with van der Waals surface area (Å²) in [5, 5.41) is 4.74. The lowest BCUT2D eigenvalue weighted by molar-refractivity contribution is -0.135. The van der Waals surface area contributed by atoms with Crippen molar-refractivity contribution in [2.75, 3.05) is 27.2 Å². The molecule has 0 aliphatic carbocycles. The molecule has 1 saturated heterocycles. The van der Waals surface area contributed by atoms with Crippen molar-refractivity contribution in [2.45, 2.75) is 39.0 Å². The Balaban J connectivity index is 0.000000149. The number of aldehydes is 1. The minimum absolute atomic E-state index is 0.101. The van der Waals surface area contributed by atoms with E-state index in [1.165, 1.54) is 11.1 Å². The van der Waals surface area contributed by atoms with E-state index in [4.69, 9.17) is 4.74 Å². The molecular formula is C26H32N4O5. The molecule has 186 valence electrons. The summed E-state index contributed by atoms with van der Waals surface area (Å²) in [4.78, 5) is 47.3. The lowest BCUT2D eigenvalue weighted by Crippen LogP contribution is -2.56. The highest BCUT2D eigenvalue weighted by Crippen LogP contribution is 2.26. The summed E-state index contributed by atoms with van der Waals surface area (Å²) in [5.41, 5.74) is 4.86. The van der Waals surface area contributed by atoms with E-state index in [0.717, 1.165) is 43.1 Å². The zero-order chi connectivity index (χ0) is 25.4. The first-order valence-corrected chi connectivity index (χ1v) is 11.6. The minimum atomic E-state index is -0.537. The van der Waals surface area contributed by atoms with E-state index in [2.05, 4.69) is 46.8 Å². The van der Waals surface area contributed by atoms with E-state index in [1.54, 1.807) is 7.11 Å². The van der Waals surface area contributed by atoms with Crippen molar-refractivity contribution in [1.29, 1.82) is 0 Å². The van der Waals surface area contributed by atoms with Gasteiger partial charge < -0.3 is 14.4 Å². The maximum atomic E-state index is 11.8. The standard InChI is InChI=1S/C11H13NO2.C9H11N.C6H8N2O3/c1-3-12-7-8-4-5-9(14-2)6-10(8)11(12)13;1-10-6-8-4-2-3-5-9(8)7-10;9-2-1-4-6(11)8-5(10)3-7-4/h4-6H,3,7H2,1-2H3;2-5H,6-7H2,1H3;2,4,7H,1,3H2,(H,8,10,11). The summed E-state index contributed by atoms with van der Waals surface area (Å²) in [5.74, 6) is 0.0851. The molecule has 1 unspecified atom stereocenters. The van der Waals surface area contributed by atoms with Gasteiger partial charge in [0.15, 0.2) is 0 Å². The molecule has 1 atom stereocenters. The molecule has 5 rings (SSSR count). The number of methoxy groups -OCH3 is 1. The van der Waals surface area contributed by atoms with E-state index in [9.17, 15) is 19.2 Å². The second-order valence-corrected chi connectivity index (χ2v) is 8.53. The molecular weight excluding hydrogens is 448 g/mol. The molecule has 9 nitrogen and oxygen atoms in total. The number of rotatable bonds is 4. The zero-order valence-electron chi connectivity index (χ0n) is 20.4. The number of carbonyl (C=O) groups is 4. The Labute approximate surface area is 205 Å². The molecule has 0 radical (unpaired) electrons. The fraction of sp³-hybridized carbons (Fsp3) is 0.385. The summed E-state index contributed by atoms with van der Waals surface area (Å²) in [6, 6.07) is 13.8. The van der Waals surface area contributed by atoms with Gasteiger partial charge in [-0.05, 0) is 42.8 Å². The smallest absolute Gasteiger partial charge is 0.254 e. The summed E-state index contributed by atoms with van der Waals surface area (Å²) in [6.45, 7) is 5.82. The van der Waals surface area contributed by atoms with E-state index < -0.39 is 11.9 Å². The SMILES string of the molecule is CCN1Cc2ccc(OC)cc2C1=O.CN1Cc2ccccc2C1.O=CCC1NCC(=O)NC1=O. The highest BCUT2D eigenvalue weighted by atomic mass is 16.5. The average molecular weight is 481 g/mol. The number of piperazine rings is 1. The molecule has 0 spiro atoms. The van der Waals surface area contributed by atoms with E-state index >= 15 is 0 Å². The Morgan fingerprint density at radius 2 is 1.71 bits per heavy atom. The van der Waals surface area contributed by atoms with E-state index in [0.29, 0.717) is 6.29 Å². The van der Waals surface area contributed by atoms with Crippen LogP contribution in [-0.2, 0) is 34.0 Å². The summed E-state index contributed by atoms with van der Waals surface area (Å²) in [7, 11) is 3.76. The second kappa shape index (κ2) is 12.2. The number of fused-ring (bicyclic) bond motifs is 2. The number of imide groups is 1. The van der Waals surface area contributed by atoms with Gasteiger partial charge in [0.25, 0.3) is 5.91 Å². The molecule has 2 N–H and O–H groups in total. The van der Waals surface area contributed by atoms with Gasteiger partial charge in [0.2, 0.25) is 11.8 Å². The van der Waals surface area contributed by atoms with Crippen LogP contribution in [0.1, 0.15) is 40.4 Å². The highest BCUT2D eigenvalue weighted by molar-refractivity contribution is 6.01. The van der Waals surface area contributed by atoms with Crippen LogP contribution in [0.5, 0.6) is 5.75 Å². The Morgan fingerprint density at radius 3 is 2.29 bits per heavy atom. The highest BCUT2D eigenvalue weighted by Gasteiger charge is 2.26. The van der Waals surface area contributed by atoms with Crippen LogP contribution in [0.2, 0.25) is 0 Å². The van der Waals surface area contributed by atoms with Crippen molar-refractivity contribution in [3.8, 4) is 5.75 Å². The number of benzene rings is 2. The van der Waals surface area contributed by atoms with Crippen molar-refractivity contribution in [1.82, 2.24) is 20.4 Å². The van der Waals surface area contributed by atoms with Gasteiger partial charge in [-0.15, -0.1) is 0 Å². The molecule has 0 bridgehead atoms. The topological polar surface area (TPSA) is 108 Å². The van der Waals surface area contributed by atoms with Crippen molar-refractivity contribution in [3.05, 3.63) is 64.7 Å². The molecule has 9 heteroatoms. The molecule has 1 fully saturated rings. The molecule has 3 aliphatic heterocycles. The molecule has 0 saturated carbocycles. The van der Waals surface area contributed by atoms with Gasteiger partial charge in [-0.2, -0.15) is 0 Å². The van der Waals surface area contributed by atoms with Gasteiger partial charge in [0, 0.05) is 38.2 Å². The third kappa shape index (κ3) is 6.74. The van der Waals surface area contributed by atoms with E-state index in [-0.39, 0.29) is 24.8 Å². The van der Waals surface area contributed by atoms with Gasteiger partial charge in [-0.1, -0.05) is 30.3 Å². The normalized spacial score (nSPS) is 18.4. The van der Waals surface area contributed by atoms with Crippen LogP contribution in [0.3, 0.4) is 0 Å². The summed E-state index contributed by atoms with van der Waals surface area (Å²) in [6.07, 6.45) is 0.756. The number of nitrogens with one attached hydrogen (secondary N) is 2. The van der Waals surface area contributed by atoms with Gasteiger partial charge >= 0.3 is 0 Å². The molecule has 3 heterocycles. The third-order valence-electron chi connectivity index (χ3n) is 6.00. The van der Waals surface area contributed by atoms with Gasteiger partial charge in [0.05, 0.1) is 19.7 Å². The van der Waals surface area contributed by atoms with Crippen LogP contribution in [0.25, 0.3) is 0 Å². The van der Waals surface area contributed by atoms with Gasteiger partial charge in [-0.3, -0.25) is 29.9 Å². The van der Waals surface area contributed by atoms with Crippen molar-refractivity contribution in [3.63, 3.8) is 0 Å². The molecule has 0 aromatic heterocycles. The Hall–Kier alpha value is -3.56. The largest absolute Gasteiger partial charge is 0.497 e. The molecule has 35 heavy (non-hydrogen) atoms. The summed E-state index contributed by atoms with van der Waals surface area (Å²) < 4.78 is 5.09. The lowest BCUT2D eigenvalue weighted by atomic mass is 10.1. The van der Waals surface area contributed by atoms with E-state index in [1.807, 2.05) is 30.0 Å². The quantitative estimate of drug-likeness (QED) is 0.504. The van der Waals surface area contributed by atoms with Gasteiger partial charge in [-0.25, -0.2) is 0 Å². The van der Waals surface area contributed by atoms with Crippen LogP contribution in [0.15, 0.2) is 42.5 Å². The Bertz CT molecular complexity index is 1060. The van der Waals surface area contributed by atoms with Crippen LogP contribution >= 0.6 is 0 Å². The number of hydrogen-bond acceptors (Lipinski definition) is 7. The molecule has 3 amide bonds. The van der Waals surface area contributed by atoms with Crippen LogP contribution in [0, 0.1) is 0 Å². The van der Waals surface area contributed by atoms with Crippen LogP contribution < -0.4 is 15.4 Å². The predicted molar refractivity (Wildman–Crippen MR) is 131 cm³/mol. The van der Waals surface area contributed by atoms with Crippen molar-refractivity contribution >= 4 is 24.0 Å². The lowest BCUT2D eigenvalue weighted by Gasteiger charge is -2.19. The maximum Gasteiger partial charge on any atom is 0.254 e. The minimum Gasteiger partial charge on any atom is -0.497 e. The zero-order valence-corrected chi connectivity index (χ0v) is 20.4. The fourth-order valence-electron chi connectivity index (χ4n) is 4.09. The van der Waals surface area contributed by atoms with Crippen LogP contribution in [0.4, 0.5) is 0 Å². The number of nitrogens with zero attached hydrogens (tertiary/aromatic N) is 2. The molecule has 3 aliphatic rings. The summed E-state index contributed by atoms with van der Waals surface area (Å²) >= 11 is 0. The average Bonchev–Trinajstić information content (AvgIpc) is 3.39. The fourth-order valence-corrected chi connectivity index (χ4v) is 4.09. The predicted octanol–water partition coefficient (Wildman–Crippen LogP) is 1.49. The van der Waals surface area contributed by atoms with Crippen molar-refractivity contribution in [2.24, 2.45) is 0 Å². The van der Waals surface area contributed by atoms with Crippen LogP contribution in [-0.4, -0.2) is 67.1 Å². The maximum absolute atomic E-state index is 11.8. The Kier molecular flexibility index (Phi) is 9.11. The third-order valence-corrected chi connectivity index (χ3v) is 6.00. The first-order chi connectivity index (χ1) is 16.9. The number of hydrogen-bond donors (Lipinski definition) is 2. The molecule has 2 aromatic carbocycles. The molecule has 2 aromatic rings. The monoisotopic (exact) mass is 480 g/mol. The van der Waals surface area contributed by atoms with Crippen molar-refractivity contribution < 1.29 is 23.9 Å². The Morgan fingerprint density at radius 1 is 1.03 bits per heavy atom. The second-order valence-electron chi connectivity index (χ2n) is 8.53. The number of amides is 3. The number of carbonyl (C=O) groups excluding carboxylic acids is 4. The first-order valence-electron chi connectivity index (χ1n) is 11.6.